The highest BCUT2D eigenvalue weighted by Crippen LogP contribution is 2.34. The number of aromatic nitrogens is 1. The Morgan fingerprint density at radius 1 is 1.29 bits per heavy atom. The molecule has 21 heavy (non-hydrogen) atoms. The number of carbonyl (C=O) groups is 1. The van der Waals surface area contributed by atoms with E-state index in [2.05, 4.69) is 15.7 Å². The molecule has 0 atom stereocenters. The van der Waals surface area contributed by atoms with Crippen LogP contribution in [0.5, 0.6) is 11.5 Å². The molecule has 0 spiro atoms. The summed E-state index contributed by atoms with van der Waals surface area (Å²) in [5.74, 6) is 6.43. The quantitative estimate of drug-likeness (QED) is 0.592. The van der Waals surface area contributed by atoms with Gasteiger partial charge >= 0.3 is 0 Å². The van der Waals surface area contributed by atoms with Crippen LogP contribution in [0.3, 0.4) is 0 Å². The van der Waals surface area contributed by atoms with Gasteiger partial charge in [0.1, 0.15) is 0 Å². The van der Waals surface area contributed by atoms with E-state index in [9.17, 15) is 4.79 Å². The van der Waals surface area contributed by atoms with Crippen molar-refractivity contribution in [1.82, 2.24) is 4.98 Å². The molecular formula is C13H11ClN4O3. The molecule has 0 radical (unpaired) electrons. The number of hydrazine groups is 1. The summed E-state index contributed by atoms with van der Waals surface area (Å²) < 4.78 is 10.4. The Balaban J connectivity index is 1.78. The minimum atomic E-state index is -0.341. The number of halogens is 1. The van der Waals surface area contributed by atoms with Gasteiger partial charge in [-0.25, -0.2) is 10.8 Å². The predicted molar refractivity (Wildman–Crippen MR) is 77.6 cm³/mol. The van der Waals surface area contributed by atoms with Crippen molar-refractivity contribution in [2.45, 2.75) is 0 Å². The molecule has 3 rings (SSSR count). The van der Waals surface area contributed by atoms with Crippen LogP contribution in [0.1, 0.15) is 10.4 Å². The molecule has 7 nitrogen and oxygen atoms in total. The van der Waals surface area contributed by atoms with Crippen molar-refractivity contribution in [1.29, 1.82) is 0 Å². The summed E-state index contributed by atoms with van der Waals surface area (Å²) in [6, 6.07) is 6.61. The Morgan fingerprint density at radius 3 is 2.86 bits per heavy atom. The highest BCUT2D eigenvalue weighted by atomic mass is 35.5. The summed E-state index contributed by atoms with van der Waals surface area (Å²) in [4.78, 5) is 16.1. The average Bonchev–Trinajstić information content (AvgIpc) is 2.94. The first kappa shape index (κ1) is 13.5. The van der Waals surface area contributed by atoms with Crippen LogP contribution in [0.2, 0.25) is 5.02 Å². The molecule has 2 aromatic rings. The summed E-state index contributed by atoms with van der Waals surface area (Å²) in [6.45, 7) is 0.180. The fourth-order valence-electron chi connectivity index (χ4n) is 1.85. The summed E-state index contributed by atoms with van der Waals surface area (Å²) in [5.41, 5.74) is 3.24. The lowest BCUT2D eigenvalue weighted by Crippen LogP contribution is -2.14. The number of anilines is 2. The Labute approximate surface area is 125 Å². The second-order valence-corrected chi connectivity index (χ2v) is 4.63. The third-order valence-electron chi connectivity index (χ3n) is 2.87. The van der Waals surface area contributed by atoms with Crippen molar-refractivity contribution in [3.05, 3.63) is 41.0 Å². The molecule has 8 heteroatoms. The molecule has 1 aromatic heterocycles. The maximum absolute atomic E-state index is 12.1. The van der Waals surface area contributed by atoms with Gasteiger partial charge in [-0.15, -0.1) is 0 Å². The van der Waals surface area contributed by atoms with Crippen molar-refractivity contribution in [2.75, 3.05) is 17.5 Å². The molecule has 2 heterocycles. The van der Waals surface area contributed by atoms with Crippen molar-refractivity contribution in [2.24, 2.45) is 5.84 Å². The topological polar surface area (TPSA) is 98.5 Å². The number of hydrogen-bond donors (Lipinski definition) is 3. The molecule has 0 aliphatic carbocycles. The largest absolute Gasteiger partial charge is 0.454 e. The van der Waals surface area contributed by atoms with Gasteiger partial charge in [-0.05, 0) is 18.2 Å². The number of nitrogens with zero attached hydrogens (tertiary/aromatic N) is 1. The molecule has 1 aromatic carbocycles. The molecule has 0 bridgehead atoms. The number of pyridine rings is 1. The normalized spacial score (nSPS) is 12.1. The maximum Gasteiger partial charge on any atom is 0.257 e. The average molecular weight is 307 g/mol. The lowest BCUT2D eigenvalue weighted by molar-refractivity contribution is 0.102. The zero-order valence-electron chi connectivity index (χ0n) is 10.7. The van der Waals surface area contributed by atoms with Gasteiger partial charge in [-0.2, -0.15) is 0 Å². The number of nitrogens with two attached hydrogens (primary N) is 1. The predicted octanol–water partition coefficient (Wildman–Crippen LogP) is 2.00. The molecule has 4 N–H and O–H groups in total. The van der Waals surface area contributed by atoms with Gasteiger partial charge in [0.2, 0.25) is 6.79 Å². The molecular weight excluding hydrogens is 296 g/mol. The summed E-state index contributed by atoms with van der Waals surface area (Å²) in [6.07, 6.45) is 1.38. The van der Waals surface area contributed by atoms with E-state index in [0.717, 1.165) is 0 Å². The number of benzene rings is 1. The minimum Gasteiger partial charge on any atom is -0.454 e. The third kappa shape index (κ3) is 2.69. The highest BCUT2D eigenvalue weighted by molar-refractivity contribution is 6.33. The number of fused-ring (bicyclic) bond motifs is 1. The number of nitrogen functional groups attached to an aromatic ring is 1. The lowest BCUT2D eigenvalue weighted by Gasteiger charge is -2.07. The van der Waals surface area contributed by atoms with Crippen molar-refractivity contribution in [3.8, 4) is 11.5 Å². The van der Waals surface area contributed by atoms with E-state index in [0.29, 0.717) is 28.6 Å². The van der Waals surface area contributed by atoms with Gasteiger partial charge in [-0.1, -0.05) is 11.6 Å². The second kappa shape index (κ2) is 5.47. The van der Waals surface area contributed by atoms with Crippen LogP contribution in [0.15, 0.2) is 30.5 Å². The first-order valence-electron chi connectivity index (χ1n) is 6.00. The molecule has 1 amide bonds. The monoisotopic (exact) mass is 306 g/mol. The Hall–Kier alpha value is -2.51. The van der Waals surface area contributed by atoms with Gasteiger partial charge in [0, 0.05) is 18.0 Å². The minimum absolute atomic E-state index is 0.180. The summed E-state index contributed by atoms with van der Waals surface area (Å²) in [5, 5.41) is 2.99. The van der Waals surface area contributed by atoms with Gasteiger partial charge in [0.05, 0.1) is 10.6 Å². The molecule has 1 aliphatic rings. The first-order chi connectivity index (χ1) is 10.2. The van der Waals surface area contributed by atoms with E-state index in [1.54, 1.807) is 18.2 Å². The van der Waals surface area contributed by atoms with Gasteiger partial charge < -0.3 is 20.2 Å². The standard InChI is InChI=1S/C13H11ClN4O3/c14-9-3-7(5-16-12(9)18-15)13(19)17-8-1-2-10-11(4-8)21-6-20-10/h1-5H,6,15H2,(H,16,18)(H,17,19). The van der Waals surface area contributed by atoms with Crippen LogP contribution < -0.4 is 26.1 Å². The highest BCUT2D eigenvalue weighted by Gasteiger charge is 2.15. The number of carbonyl (C=O) groups excluding carboxylic acids is 1. The third-order valence-corrected chi connectivity index (χ3v) is 3.16. The van der Waals surface area contributed by atoms with Crippen LogP contribution >= 0.6 is 11.6 Å². The molecule has 1 aliphatic heterocycles. The number of amides is 1. The Bertz CT molecular complexity index is 708. The van der Waals surface area contributed by atoms with Crippen LogP contribution in [0.25, 0.3) is 0 Å². The van der Waals surface area contributed by atoms with Crippen LogP contribution in [0, 0.1) is 0 Å². The molecule has 108 valence electrons. The summed E-state index contributed by atoms with van der Waals surface area (Å²) >= 11 is 5.93. The smallest absolute Gasteiger partial charge is 0.257 e. The summed E-state index contributed by atoms with van der Waals surface area (Å²) in [7, 11) is 0. The van der Waals surface area contributed by atoms with Gasteiger partial charge in [0.25, 0.3) is 5.91 Å². The van der Waals surface area contributed by atoms with Gasteiger partial charge in [0.15, 0.2) is 17.3 Å². The van der Waals surface area contributed by atoms with Crippen LogP contribution in [-0.4, -0.2) is 17.7 Å². The number of rotatable bonds is 3. The molecule has 0 unspecified atom stereocenters. The zero-order valence-corrected chi connectivity index (χ0v) is 11.5. The molecule has 0 saturated heterocycles. The van der Waals surface area contributed by atoms with E-state index >= 15 is 0 Å². The Morgan fingerprint density at radius 2 is 2.10 bits per heavy atom. The number of nitrogens with one attached hydrogen (secondary N) is 2. The SMILES string of the molecule is NNc1ncc(C(=O)Nc2ccc3c(c2)OCO3)cc1Cl. The van der Waals surface area contributed by atoms with E-state index in [1.165, 1.54) is 12.3 Å². The fraction of sp³-hybridized carbons (Fsp3) is 0.0769. The second-order valence-electron chi connectivity index (χ2n) is 4.22. The zero-order chi connectivity index (χ0) is 14.8. The van der Waals surface area contributed by atoms with Crippen molar-refractivity contribution >= 4 is 29.0 Å². The van der Waals surface area contributed by atoms with Crippen molar-refractivity contribution < 1.29 is 14.3 Å². The lowest BCUT2D eigenvalue weighted by atomic mass is 10.2. The van der Waals surface area contributed by atoms with Crippen molar-refractivity contribution in [3.63, 3.8) is 0 Å². The first-order valence-corrected chi connectivity index (χ1v) is 6.38. The Kier molecular flexibility index (Phi) is 3.51. The van der Waals surface area contributed by atoms with E-state index in [1.807, 2.05) is 0 Å². The van der Waals surface area contributed by atoms with Crippen LogP contribution in [-0.2, 0) is 0 Å². The van der Waals surface area contributed by atoms with E-state index in [4.69, 9.17) is 26.9 Å². The fourth-order valence-corrected chi connectivity index (χ4v) is 2.07. The number of hydrogen-bond acceptors (Lipinski definition) is 6. The molecule has 0 fully saturated rings. The van der Waals surface area contributed by atoms with E-state index in [-0.39, 0.29) is 17.7 Å². The van der Waals surface area contributed by atoms with Crippen LogP contribution in [0.4, 0.5) is 11.5 Å². The number of ether oxygens (including phenoxy) is 2. The van der Waals surface area contributed by atoms with Gasteiger partial charge in [-0.3, -0.25) is 4.79 Å². The maximum atomic E-state index is 12.1. The van der Waals surface area contributed by atoms with E-state index < -0.39 is 0 Å². The molecule has 0 saturated carbocycles.